The summed E-state index contributed by atoms with van der Waals surface area (Å²) in [6.07, 6.45) is 14.5. The highest BCUT2D eigenvalue weighted by atomic mass is 16.3. The predicted molar refractivity (Wildman–Crippen MR) is 64.4 cm³/mol. The van der Waals surface area contributed by atoms with Crippen molar-refractivity contribution in [3.05, 3.63) is 0 Å². The Morgan fingerprint density at radius 3 is 2.53 bits per heavy atom. The molecule has 0 aromatic carbocycles. The number of terminal acetylenes is 1. The Bertz CT molecular complexity index is 196. The minimum absolute atomic E-state index is 0.248. The Balaban J connectivity index is 2.20. The molecule has 1 fully saturated rings. The Hall–Kier alpha value is -0.480. The van der Waals surface area contributed by atoms with E-state index in [1.165, 1.54) is 44.9 Å². The first-order valence-electron chi connectivity index (χ1n) is 6.39. The lowest BCUT2D eigenvalue weighted by Crippen LogP contribution is -2.25. The molecule has 1 nitrogen and oxygen atoms in total. The maximum atomic E-state index is 9.79. The summed E-state index contributed by atoms with van der Waals surface area (Å²) in [5.41, 5.74) is 0. The number of hydrogen-bond acceptors (Lipinski definition) is 1. The van der Waals surface area contributed by atoms with Crippen LogP contribution in [0.3, 0.4) is 0 Å². The minimum Gasteiger partial charge on any atom is -0.392 e. The third-order valence-corrected chi connectivity index (χ3v) is 3.73. The van der Waals surface area contributed by atoms with Gasteiger partial charge in [0.2, 0.25) is 0 Å². The van der Waals surface area contributed by atoms with Gasteiger partial charge < -0.3 is 5.11 Å². The van der Waals surface area contributed by atoms with Crippen molar-refractivity contribution in [2.45, 2.75) is 64.4 Å². The highest BCUT2D eigenvalue weighted by molar-refractivity contribution is 4.90. The standard InChI is InChI=1S/C14H24O/c1-3-5-7-12-8-10-13(11-9-12)14(15)6-4-2/h2,12-15H,3,5-11H2,1H3. The van der Waals surface area contributed by atoms with Crippen LogP contribution in [0, 0.1) is 24.2 Å². The van der Waals surface area contributed by atoms with Crippen LogP contribution in [0.4, 0.5) is 0 Å². The maximum Gasteiger partial charge on any atom is 0.0677 e. The van der Waals surface area contributed by atoms with E-state index in [4.69, 9.17) is 6.42 Å². The summed E-state index contributed by atoms with van der Waals surface area (Å²) in [5, 5.41) is 9.79. The zero-order valence-electron chi connectivity index (χ0n) is 9.91. The van der Waals surface area contributed by atoms with Crippen molar-refractivity contribution in [3.8, 4) is 12.3 Å². The lowest BCUT2D eigenvalue weighted by molar-refractivity contribution is 0.0763. The van der Waals surface area contributed by atoms with Crippen LogP contribution in [0.15, 0.2) is 0 Å². The van der Waals surface area contributed by atoms with Gasteiger partial charge >= 0.3 is 0 Å². The van der Waals surface area contributed by atoms with E-state index in [1.807, 2.05) is 0 Å². The predicted octanol–water partition coefficient (Wildman–Crippen LogP) is 3.37. The highest BCUT2D eigenvalue weighted by Crippen LogP contribution is 2.34. The largest absolute Gasteiger partial charge is 0.392 e. The topological polar surface area (TPSA) is 20.2 Å². The molecule has 1 rings (SSSR count). The SMILES string of the molecule is C#CCC(O)C1CCC(CCCC)CC1. The summed E-state index contributed by atoms with van der Waals surface area (Å²) in [6, 6.07) is 0. The Labute approximate surface area is 94.3 Å². The van der Waals surface area contributed by atoms with Crippen molar-refractivity contribution >= 4 is 0 Å². The molecule has 1 unspecified atom stereocenters. The molecule has 1 N–H and O–H groups in total. The Kier molecular flexibility index (Phi) is 5.79. The first kappa shape index (κ1) is 12.6. The summed E-state index contributed by atoms with van der Waals surface area (Å²) in [6.45, 7) is 2.25. The van der Waals surface area contributed by atoms with Crippen LogP contribution in [0.1, 0.15) is 58.3 Å². The van der Waals surface area contributed by atoms with E-state index in [0.717, 1.165) is 5.92 Å². The molecule has 15 heavy (non-hydrogen) atoms. The molecule has 1 aliphatic carbocycles. The fourth-order valence-electron chi connectivity index (χ4n) is 2.64. The van der Waals surface area contributed by atoms with Crippen LogP contribution in [0.25, 0.3) is 0 Å². The molecule has 0 amide bonds. The molecule has 1 aliphatic rings. The fraction of sp³-hybridized carbons (Fsp3) is 0.857. The normalized spacial score (nSPS) is 28.3. The molecule has 0 aromatic heterocycles. The maximum absolute atomic E-state index is 9.79. The molecule has 1 heteroatoms. The molecule has 0 aromatic rings. The fourth-order valence-corrected chi connectivity index (χ4v) is 2.64. The molecular weight excluding hydrogens is 184 g/mol. The second-order valence-electron chi connectivity index (χ2n) is 4.90. The molecule has 0 heterocycles. The van der Waals surface area contributed by atoms with Crippen molar-refractivity contribution in [3.63, 3.8) is 0 Å². The summed E-state index contributed by atoms with van der Waals surface area (Å²) in [5.74, 6) is 3.95. The Morgan fingerprint density at radius 2 is 2.00 bits per heavy atom. The second kappa shape index (κ2) is 6.90. The Morgan fingerprint density at radius 1 is 1.33 bits per heavy atom. The average molecular weight is 208 g/mol. The summed E-state index contributed by atoms with van der Waals surface area (Å²) >= 11 is 0. The molecule has 0 bridgehead atoms. The summed E-state index contributed by atoms with van der Waals surface area (Å²) < 4.78 is 0. The van der Waals surface area contributed by atoms with E-state index >= 15 is 0 Å². The van der Waals surface area contributed by atoms with Gasteiger partial charge in [-0.3, -0.25) is 0 Å². The summed E-state index contributed by atoms with van der Waals surface area (Å²) in [7, 11) is 0. The van der Waals surface area contributed by atoms with Crippen LogP contribution >= 0.6 is 0 Å². The van der Waals surface area contributed by atoms with Gasteiger partial charge in [-0.05, 0) is 24.7 Å². The van der Waals surface area contributed by atoms with Crippen molar-refractivity contribution in [2.75, 3.05) is 0 Å². The molecular formula is C14H24O. The molecule has 0 saturated heterocycles. The van der Waals surface area contributed by atoms with Crippen LogP contribution < -0.4 is 0 Å². The van der Waals surface area contributed by atoms with Gasteiger partial charge in [0.25, 0.3) is 0 Å². The lowest BCUT2D eigenvalue weighted by atomic mass is 9.77. The van der Waals surface area contributed by atoms with Gasteiger partial charge in [-0.15, -0.1) is 12.3 Å². The summed E-state index contributed by atoms with van der Waals surface area (Å²) in [4.78, 5) is 0. The van der Waals surface area contributed by atoms with Gasteiger partial charge in [-0.25, -0.2) is 0 Å². The van der Waals surface area contributed by atoms with Crippen molar-refractivity contribution < 1.29 is 5.11 Å². The third kappa shape index (κ3) is 4.26. The van der Waals surface area contributed by atoms with Crippen LogP contribution in [0.5, 0.6) is 0 Å². The van der Waals surface area contributed by atoms with Gasteiger partial charge in [-0.2, -0.15) is 0 Å². The van der Waals surface area contributed by atoms with E-state index in [2.05, 4.69) is 12.8 Å². The first-order valence-corrected chi connectivity index (χ1v) is 6.39. The van der Waals surface area contributed by atoms with Gasteiger partial charge in [0.05, 0.1) is 6.10 Å². The van der Waals surface area contributed by atoms with E-state index in [0.29, 0.717) is 12.3 Å². The average Bonchev–Trinajstić information content (AvgIpc) is 2.27. The lowest BCUT2D eigenvalue weighted by Gasteiger charge is -2.30. The van der Waals surface area contributed by atoms with E-state index in [1.54, 1.807) is 0 Å². The van der Waals surface area contributed by atoms with E-state index in [-0.39, 0.29) is 6.10 Å². The zero-order valence-corrected chi connectivity index (χ0v) is 9.91. The van der Waals surface area contributed by atoms with Crippen LogP contribution in [-0.4, -0.2) is 11.2 Å². The van der Waals surface area contributed by atoms with Gasteiger partial charge in [0.15, 0.2) is 0 Å². The smallest absolute Gasteiger partial charge is 0.0677 e. The monoisotopic (exact) mass is 208 g/mol. The van der Waals surface area contributed by atoms with Crippen LogP contribution in [0.2, 0.25) is 0 Å². The number of aliphatic hydroxyl groups is 1. The number of rotatable bonds is 5. The first-order chi connectivity index (χ1) is 7.27. The zero-order chi connectivity index (χ0) is 11.1. The van der Waals surface area contributed by atoms with Crippen molar-refractivity contribution in [1.29, 1.82) is 0 Å². The number of hydrogen-bond donors (Lipinski definition) is 1. The van der Waals surface area contributed by atoms with Crippen molar-refractivity contribution in [1.82, 2.24) is 0 Å². The molecule has 1 atom stereocenters. The highest BCUT2D eigenvalue weighted by Gasteiger charge is 2.25. The second-order valence-corrected chi connectivity index (χ2v) is 4.90. The molecule has 86 valence electrons. The molecule has 0 aliphatic heterocycles. The third-order valence-electron chi connectivity index (χ3n) is 3.73. The van der Waals surface area contributed by atoms with Crippen LogP contribution in [-0.2, 0) is 0 Å². The van der Waals surface area contributed by atoms with E-state index < -0.39 is 0 Å². The quantitative estimate of drug-likeness (QED) is 0.687. The minimum atomic E-state index is -0.248. The van der Waals surface area contributed by atoms with Gasteiger partial charge in [0, 0.05) is 6.42 Å². The number of aliphatic hydroxyl groups excluding tert-OH is 1. The van der Waals surface area contributed by atoms with E-state index in [9.17, 15) is 5.11 Å². The van der Waals surface area contributed by atoms with Crippen molar-refractivity contribution in [2.24, 2.45) is 11.8 Å². The van der Waals surface area contributed by atoms with Gasteiger partial charge in [0.1, 0.15) is 0 Å². The molecule has 1 saturated carbocycles. The molecule has 0 radical (unpaired) electrons. The van der Waals surface area contributed by atoms with Gasteiger partial charge in [-0.1, -0.05) is 39.0 Å². The molecule has 0 spiro atoms. The number of unbranched alkanes of at least 4 members (excludes halogenated alkanes) is 1.